The zero-order chi connectivity index (χ0) is 15.1. The molecule has 5 nitrogen and oxygen atoms in total. The minimum atomic E-state index is -1.01. The number of carbonyl (C=O) groups is 2. The summed E-state index contributed by atoms with van der Waals surface area (Å²) in [5, 5.41) is 2.79. The second-order valence-corrected chi connectivity index (χ2v) is 5.61. The third-order valence-corrected chi connectivity index (χ3v) is 4.09. The third kappa shape index (κ3) is 2.08. The first-order valence-electron chi connectivity index (χ1n) is 6.75. The van der Waals surface area contributed by atoms with Crippen molar-refractivity contribution in [1.82, 2.24) is 10.2 Å². The van der Waals surface area contributed by atoms with Crippen LogP contribution in [0, 0.1) is 13.8 Å². The predicted octanol–water partition coefficient (Wildman–Crippen LogP) is 1.42. The SMILES string of the molecule is Cc1ccc(C2(C)NC(=O)N(C(C)CN)C2=O)cc1C. The lowest BCUT2D eigenvalue weighted by molar-refractivity contribution is -0.132. The van der Waals surface area contributed by atoms with Gasteiger partial charge in [0.2, 0.25) is 0 Å². The normalized spacial score (nSPS) is 23.9. The van der Waals surface area contributed by atoms with Crippen LogP contribution in [-0.4, -0.2) is 29.4 Å². The molecule has 2 unspecified atom stereocenters. The van der Waals surface area contributed by atoms with Gasteiger partial charge >= 0.3 is 6.03 Å². The van der Waals surface area contributed by atoms with Gasteiger partial charge in [-0.15, -0.1) is 0 Å². The molecule has 3 amide bonds. The van der Waals surface area contributed by atoms with Crippen LogP contribution in [0.2, 0.25) is 0 Å². The Labute approximate surface area is 119 Å². The molecule has 0 radical (unpaired) electrons. The van der Waals surface area contributed by atoms with E-state index in [1.165, 1.54) is 4.90 Å². The van der Waals surface area contributed by atoms with Crippen molar-refractivity contribution >= 4 is 11.9 Å². The highest BCUT2D eigenvalue weighted by Crippen LogP contribution is 2.30. The highest BCUT2D eigenvalue weighted by molar-refractivity contribution is 6.07. The summed E-state index contributed by atoms with van der Waals surface area (Å²) in [6.07, 6.45) is 0. The van der Waals surface area contributed by atoms with Gasteiger partial charge in [-0.05, 0) is 44.4 Å². The van der Waals surface area contributed by atoms with Gasteiger partial charge in [0.1, 0.15) is 5.54 Å². The van der Waals surface area contributed by atoms with E-state index in [9.17, 15) is 9.59 Å². The lowest BCUT2D eigenvalue weighted by Gasteiger charge is -2.25. The maximum Gasteiger partial charge on any atom is 0.325 e. The molecule has 0 saturated carbocycles. The maximum absolute atomic E-state index is 12.6. The molecule has 1 fully saturated rings. The number of hydrogen-bond acceptors (Lipinski definition) is 3. The number of aryl methyl sites for hydroxylation is 2. The Morgan fingerprint density at radius 3 is 2.50 bits per heavy atom. The van der Waals surface area contributed by atoms with E-state index in [4.69, 9.17) is 5.73 Å². The Hall–Kier alpha value is -1.88. The monoisotopic (exact) mass is 275 g/mol. The quantitative estimate of drug-likeness (QED) is 0.819. The van der Waals surface area contributed by atoms with Crippen molar-refractivity contribution in [2.24, 2.45) is 5.73 Å². The van der Waals surface area contributed by atoms with Crippen LogP contribution >= 0.6 is 0 Å². The van der Waals surface area contributed by atoms with Crippen molar-refractivity contribution in [1.29, 1.82) is 0 Å². The maximum atomic E-state index is 12.6. The van der Waals surface area contributed by atoms with Gasteiger partial charge in [-0.1, -0.05) is 18.2 Å². The minimum Gasteiger partial charge on any atom is -0.328 e. The second-order valence-electron chi connectivity index (χ2n) is 5.61. The van der Waals surface area contributed by atoms with Crippen LogP contribution < -0.4 is 11.1 Å². The zero-order valence-corrected chi connectivity index (χ0v) is 12.4. The van der Waals surface area contributed by atoms with Crippen molar-refractivity contribution < 1.29 is 9.59 Å². The van der Waals surface area contributed by atoms with Crippen LogP contribution in [0.25, 0.3) is 0 Å². The molecule has 1 aromatic rings. The molecule has 1 heterocycles. The first-order chi connectivity index (χ1) is 9.31. The van der Waals surface area contributed by atoms with Gasteiger partial charge in [-0.25, -0.2) is 4.79 Å². The zero-order valence-electron chi connectivity index (χ0n) is 12.4. The molecule has 20 heavy (non-hydrogen) atoms. The Kier molecular flexibility index (Phi) is 3.56. The molecule has 108 valence electrons. The van der Waals surface area contributed by atoms with E-state index in [1.807, 2.05) is 32.0 Å². The fourth-order valence-corrected chi connectivity index (χ4v) is 2.41. The van der Waals surface area contributed by atoms with E-state index in [0.717, 1.165) is 16.7 Å². The minimum absolute atomic E-state index is 0.247. The summed E-state index contributed by atoms with van der Waals surface area (Å²) < 4.78 is 0. The van der Waals surface area contributed by atoms with Crippen LogP contribution in [0.1, 0.15) is 30.5 Å². The number of hydrogen-bond donors (Lipinski definition) is 2. The van der Waals surface area contributed by atoms with E-state index >= 15 is 0 Å². The number of nitrogens with two attached hydrogens (primary N) is 1. The lowest BCUT2D eigenvalue weighted by Crippen LogP contribution is -2.45. The predicted molar refractivity (Wildman–Crippen MR) is 77.2 cm³/mol. The standard InChI is InChI=1S/C15H21N3O2/c1-9-5-6-12(7-10(9)2)15(4)13(19)18(11(3)8-16)14(20)17-15/h5-7,11H,8,16H2,1-4H3,(H,17,20). The number of nitrogens with one attached hydrogen (secondary N) is 1. The molecule has 1 aliphatic rings. The number of nitrogens with zero attached hydrogens (tertiary/aromatic N) is 1. The summed E-state index contributed by atoms with van der Waals surface area (Å²) in [6, 6.07) is 5.11. The van der Waals surface area contributed by atoms with Crippen molar-refractivity contribution in [3.63, 3.8) is 0 Å². The topological polar surface area (TPSA) is 75.4 Å². The molecule has 3 N–H and O–H groups in total. The summed E-state index contributed by atoms with van der Waals surface area (Å²) in [7, 11) is 0. The molecule has 1 aromatic carbocycles. The molecular weight excluding hydrogens is 254 g/mol. The van der Waals surface area contributed by atoms with E-state index in [0.29, 0.717) is 0 Å². The molecule has 0 aliphatic carbocycles. The van der Waals surface area contributed by atoms with Crippen LogP contribution in [0.3, 0.4) is 0 Å². The lowest BCUT2D eigenvalue weighted by atomic mass is 9.89. The molecule has 0 bridgehead atoms. The molecule has 2 atom stereocenters. The van der Waals surface area contributed by atoms with E-state index in [-0.39, 0.29) is 24.5 Å². The van der Waals surface area contributed by atoms with Gasteiger partial charge < -0.3 is 11.1 Å². The smallest absolute Gasteiger partial charge is 0.325 e. The fourth-order valence-electron chi connectivity index (χ4n) is 2.41. The Balaban J connectivity index is 2.43. The van der Waals surface area contributed by atoms with E-state index in [1.54, 1.807) is 13.8 Å². The Morgan fingerprint density at radius 2 is 1.95 bits per heavy atom. The Morgan fingerprint density at radius 1 is 1.30 bits per heavy atom. The van der Waals surface area contributed by atoms with Crippen LogP contribution in [0.15, 0.2) is 18.2 Å². The largest absolute Gasteiger partial charge is 0.328 e. The summed E-state index contributed by atoms with van der Waals surface area (Å²) in [5.74, 6) is -0.247. The number of benzene rings is 1. The van der Waals surface area contributed by atoms with Crippen molar-refractivity contribution in [3.8, 4) is 0 Å². The van der Waals surface area contributed by atoms with Gasteiger partial charge in [-0.3, -0.25) is 9.69 Å². The van der Waals surface area contributed by atoms with Gasteiger partial charge in [0.15, 0.2) is 0 Å². The van der Waals surface area contributed by atoms with Crippen LogP contribution in [0.5, 0.6) is 0 Å². The fraction of sp³-hybridized carbons (Fsp3) is 0.467. The molecule has 0 aromatic heterocycles. The third-order valence-electron chi connectivity index (χ3n) is 4.09. The first kappa shape index (κ1) is 14.5. The van der Waals surface area contributed by atoms with E-state index < -0.39 is 5.54 Å². The Bertz CT molecular complexity index is 570. The summed E-state index contributed by atoms with van der Waals surface area (Å²) in [6.45, 7) is 7.76. The summed E-state index contributed by atoms with van der Waals surface area (Å²) >= 11 is 0. The van der Waals surface area contributed by atoms with Gasteiger partial charge in [0, 0.05) is 6.54 Å². The number of rotatable bonds is 3. The van der Waals surface area contributed by atoms with E-state index in [2.05, 4.69) is 5.32 Å². The summed E-state index contributed by atoms with van der Waals surface area (Å²) in [5.41, 5.74) is 7.60. The summed E-state index contributed by atoms with van der Waals surface area (Å²) in [4.78, 5) is 25.9. The molecule has 5 heteroatoms. The molecule has 1 aliphatic heterocycles. The average Bonchev–Trinajstić information content (AvgIpc) is 2.63. The number of urea groups is 1. The molecule has 0 spiro atoms. The van der Waals surface area contributed by atoms with Crippen LogP contribution in [0.4, 0.5) is 4.79 Å². The number of carbonyl (C=O) groups excluding carboxylic acids is 2. The highest BCUT2D eigenvalue weighted by Gasteiger charge is 2.50. The van der Waals surface area contributed by atoms with Crippen LogP contribution in [-0.2, 0) is 10.3 Å². The molecule has 2 rings (SSSR count). The van der Waals surface area contributed by atoms with Gasteiger partial charge in [0.25, 0.3) is 5.91 Å². The van der Waals surface area contributed by atoms with Crippen molar-refractivity contribution in [3.05, 3.63) is 34.9 Å². The number of amides is 3. The van der Waals surface area contributed by atoms with Crippen molar-refractivity contribution in [2.75, 3.05) is 6.54 Å². The van der Waals surface area contributed by atoms with Crippen molar-refractivity contribution in [2.45, 2.75) is 39.3 Å². The highest BCUT2D eigenvalue weighted by atomic mass is 16.2. The second kappa shape index (κ2) is 4.90. The average molecular weight is 275 g/mol. The molecule has 1 saturated heterocycles. The van der Waals surface area contributed by atoms with Gasteiger partial charge in [0.05, 0.1) is 6.04 Å². The van der Waals surface area contributed by atoms with Gasteiger partial charge in [-0.2, -0.15) is 0 Å². The molecular formula is C15H21N3O2. The first-order valence-corrected chi connectivity index (χ1v) is 6.75. The number of imide groups is 1.